The number of nitrogens with two attached hydrogens (primary N) is 1. The predicted octanol–water partition coefficient (Wildman–Crippen LogP) is 0.0957. The van der Waals surface area contributed by atoms with Crippen molar-refractivity contribution in [3.63, 3.8) is 0 Å². The summed E-state index contributed by atoms with van der Waals surface area (Å²) in [6.45, 7) is 0.333. The first-order valence-electron chi connectivity index (χ1n) is 5.97. The first-order valence-corrected chi connectivity index (χ1v) is 5.97. The number of nitrogens with zero attached hydrogens (tertiary/aromatic N) is 1. The number of rotatable bonds is 7. The van der Waals surface area contributed by atoms with Gasteiger partial charge in [0.15, 0.2) is 0 Å². The van der Waals surface area contributed by atoms with Crippen LogP contribution in [-0.4, -0.2) is 34.5 Å². The molecule has 0 aromatic carbocycles. The Morgan fingerprint density at radius 1 is 1.30 bits per heavy atom. The molecule has 0 atom stereocenters. The Hall–Kier alpha value is -2.64. The molecule has 0 saturated heterocycles. The van der Waals surface area contributed by atoms with Crippen LogP contribution in [0.2, 0.25) is 0 Å². The largest absolute Gasteiger partial charge is 0.481 e. The van der Waals surface area contributed by atoms with E-state index in [1.165, 1.54) is 12.3 Å². The van der Waals surface area contributed by atoms with Crippen LogP contribution in [0.5, 0.6) is 0 Å². The second-order valence-electron chi connectivity index (χ2n) is 4.06. The summed E-state index contributed by atoms with van der Waals surface area (Å²) in [7, 11) is 0. The molecule has 0 unspecified atom stereocenters. The SMILES string of the molecule is NC(=O)CCCNC(=O)Nc1ccc(CC(=O)O)nc1. The number of primary amides is 1. The molecule has 0 aliphatic carbocycles. The number of carbonyl (C=O) groups is 3. The van der Waals surface area contributed by atoms with Crippen LogP contribution in [-0.2, 0) is 16.0 Å². The molecule has 0 radical (unpaired) electrons. The molecular weight excluding hydrogens is 264 g/mol. The zero-order valence-corrected chi connectivity index (χ0v) is 10.8. The molecule has 8 heteroatoms. The summed E-state index contributed by atoms with van der Waals surface area (Å²) < 4.78 is 0. The van der Waals surface area contributed by atoms with Gasteiger partial charge in [0.2, 0.25) is 5.91 Å². The van der Waals surface area contributed by atoms with E-state index in [1.807, 2.05) is 0 Å². The topological polar surface area (TPSA) is 134 Å². The van der Waals surface area contributed by atoms with Crippen molar-refractivity contribution < 1.29 is 19.5 Å². The molecule has 0 saturated carbocycles. The van der Waals surface area contributed by atoms with Gasteiger partial charge in [-0.1, -0.05) is 0 Å². The first kappa shape index (κ1) is 15.4. The van der Waals surface area contributed by atoms with E-state index in [-0.39, 0.29) is 12.8 Å². The first-order chi connectivity index (χ1) is 9.47. The minimum Gasteiger partial charge on any atom is -0.481 e. The van der Waals surface area contributed by atoms with Crippen molar-refractivity contribution in [2.75, 3.05) is 11.9 Å². The van der Waals surface area contributed by atoms with Gasteiger partial charge in [0, 0.05) is 13.0 Å². The van der Waals surface area contributed by atoms with Gasteiger partial charge in [0.25, 0.3) is 0 Å². The Morgan fingerprint density at radius 2 is 2.05 bits per heavy atom. The highest BCUT2D eigenvalue weighted by Crippen LogP contribution is 2.06. The van der Waals surface area contributed by atoms with E-state index in [2.05, 4.69) is 15.6 Å². The zero-order chi connectivity index (χ0) is 15.0. The van der Waals surface area contributed by atoms with Gasteiger partial charge in [-0.2, -0.15) is 0 Å². The Bertz CT molecular complexity index is 487. The molecule has 0 spiro atoms. The monoisotopic (exact) mass is 280 g/mol. The Labute approximate surface area is 115 Å². The van der Waals surface area contributed by atoms with Gasteiger partial charge in [0.1, 0.15) is 0 Å². The van der Waals surface area contributed by atoms with E-state index < -0.39 is 17.9 Å². The lowest BCUT2D eigenvalue weighted by Gasteiger charge is -2.07. The van der Waals surface area contributed by atoms with Crippen molar-refractivity contribution in [1.29, 1.82) is 0 Å². The number of carboxylic acid groups (broad SMARTS) is 1. The lowest BCUT2D eigenvalue weighted by atomic mass is 10.2. The minimum atomic E-state index is -0.967. The van der Waals surface area contributed by atoms with E-state index in [9.17, 15) is 14.4 Å². The Kier molecular flexibility index (Phi) is 5.95. The lowest BCUT2D eigenvalue weighted by Crippen LogP contribution is -2.30. The lowest BCUT2D eigenvalue weighted by molar-refractivity contribution is -0.136. The number of carbonyl (C=O) groups excluding carboxylic acids is 2. The molecule has 5 N–H and O–H groups in total. The third-order valence-electron chi connectivity index (χ3n) is 2.30. The highest BCUT2D eigenvalue weighted by atomic mass is 16.4. The second kappa shape index (κ2) is 7.72. The molecule has 1 heterocycles. The molecular formula is C12H16N4O4. The van der Waals surface area contributed by atoms with Crippen molar-refractivity contribution in [2.45, 2.75) is 19.3 Å². The van der Waals surface area contributed by atoms with Gasteiger partial charge in [-0.25, -0.2) is 4.79 Å². The molecule has 0 aliphatic rings. The van der Waals surface area contributed by atoms with Crippen molar-refractivity contribution in [3.8, 4) is 0 Å². The molecule has 108 valence electrons. The summed E-state index contributed by atoms with van der Waals surface area (Å²) in [5.74, 6) is -1.38. The fourth-order valence-corrected chi connectivity index (χ4v) is 1.40. The van der Waals surface area contributed by atoms with Gasteiger partial charge in [-0.3, -0.25) is 14.6 Å². The fourth-order valence-electron chi connectivity index (χ4n) is 1.40. The van der Waals surface area contributed by atoms with Crippen LogP contribution in [0, 0.1) is 0 Å². The highest BCUT2D eigenvalue weighted by Gasteiger charge is 2.04. The standard InChI is InChI=1S/C12H16N4O4/c13-10(17)2-1-5-14-12(20)16-9-4-3-8(15-7-9)6-11(18)19/h3-4,7H,1-2,5-6H2,(H2,13,17)(H,18,19)(H2,14,16,20). The number of amides is 3. The Balaban J connectivity index is 2.34. The maximum Gasteiger partial charge on any atom is 0.319 e. The highest BCUT2D eigenvalue weighted by molar-refractivity contribution is 5.89. The predicted molar refractivity (Wildman–Crippen MR) is 71.0 cm³/mol. The molecule has 0 bridgehead atoms. The van der Waals surface area contributed by atoms with E-state index >= 15 is 0 Å². The van der Waals surface area contributed by atoms with Crippen LogP contribution in [0.4, 0.5) is 10.5 Å². The summed E-state index contributed by atoms with van der Waals surface area (Å²) in [5, 5.41) is 13.7. The quantitative estimate of drug-likeness (QED) is 0.525. The van der Waals surface area contributed by atoms with E-state index in [0.29, 0.717) is 24.3 Å². The van der Waals surface area contributed by atoms with Crippen LogP contribution in [0.1, 0.15) is 18.5 Å². The average molecular weight is 280 g/mol. The number of anilines is 1. The number of carboxylic acids is 1. The molecule has 20 heavy (non-hydrogen) atoms. The summed E-state index contributed by atoms with van der Waals surface area (Å²) in [4.78, 5) is 36.3. The van der Waals surface area contributed by atoms with Gasteiger partial charge in [-0.15, -0.1) is 0 Å². The maximum absolute atomic E-state index is 11.5. The van der Waals surface area contributed by atoms with Crippen LogP contribution >= 0.6 is 0 Å². The zero-order valence-electron chi connectivity index (χ0n) is 10.8. The molecule has 8 nitrogen and oxygen atoms in total. The Morgan fingerprint density at radius 3 is 2.60 bits per heavy atom. The number of hydrogen-bond acceptors (Lipinski definition) is 4. The third-order valence-corrected chi connectivity index (χ3v) is 2.30. The number of aliphatic carboxylic acids is 1. The van der Waals surface area contributed by atoms with Crippen molar-refractivity contribution in [2.24, 2.45) is 5.73 Å². The average Bonchev–Trinajstić information content (AvgIpc) is 2.36. The van der Waals surface area contributed by atoms with Crippen LogP contribution < -0.4 is 16.4 Å². The van der Waals surface area contributed by atoms with Crippen LogP contribution in [0.15, 0.2) is 18.3 Å². The van der Waals surface area contributed by atoms with Gasteiger partial charge in [-0.05, 0) is 18.6 Å². The van der Waals surface area contributed by atoms with E-state index in [1.54, 1.807) is 6.07 Å². The smallest absolute Gasteiger partial charge is 0.319 e. The van der Waals surface area contributed by atoms with E-state index in [0.717, 1.165) is 0 Å². The normalized spacial score (nSPS) is 9.80. The maximum atomic E-state index is 11.5. The number of nitrogens with one attached hydrogen (secondary N) is 2. The number of urea groups is 1. The van der Waals surface area contributed by atoms with Crippen molar-refractivity contribution in [1.82, 2.24) is 10.3 Å². The van der Waals surface area contributed by atoms with Gasteiger partial charge < -0.3 is 21.5 Å². The third kappa shape index (κ3) is 6.34. The minimum absolute atomic E-state index is 0.167. The fraction of sp³-hybridized carbons (Fsp3) is 0.333. The molecule has 1 aromatic rings. The number of pyridine rings is 1. The summed E-state index contributed by atoms with van der Waals surface area (Å²) in [6.07, 6.45) is 1.89. The summed E-state index contributed by atoms with van der Waals surface area (Å²) >= 11 is 0. The second-order valence-corrected chi connectivity index (χ2v) is 4.06. The van der Waals surface area contributed by atoms with E-state index in [4.69, 9.17) is 10.8 Å². The van der Waals surface area contributed by atoms with Gasteiger partial charge in [0.05, 0.1) is 24.0 Å². The molecule has 0 fully saturated rings. The van der Waals surface area contributed by atoms with Crippen molar-refractivity contribution in [3.05, 3.63) is 24.0 Å². The molecule has 0 aliphatic heterocycles. The van der Waals surface area contributed by atoms with Gasteiger partial charge >= 0.3 is 12.0 Å². The summed E-state index contributed by atoms with van der Waals surface area (Å²) in [6, 6.07) is 2.66. The number of hydrogen-bond donors (Lipinski definition) is 4. The van der Waals surface area contributed by atoms with Crippen molar-refractivity contribution >= 4 is 23.6 Å². The summed E-state index contributed by atoms with van der Waals surface area (Å²) in [5.41, 5.74) is 5.82. The molecule has 3 amide bonds. The van der Waals surface area contributed by atoms with Crippen LogP contribution in [0.25, 0.3) is 0 Å². The molecule has 1 rings (SSSR count). The number of aromatic nitrogens is 1. The molecule has 1 aromatic heterocycles. The van der Waals surface area contributed by atoms with Crippen LogP contribution in [0.3, 0.4) is 0 Å².